The number of nitrogens with one attached hydrogen (secondary N) is 1. The van der Waals surface area contributed by atoms with Crippen molar-refractivity contribution < 1.29 is 17.6 Å². The molecule has 5 rings (SSSR count). The molecule has 2 aliphatic rings. The van der Waals surface area contributed by atoms with E-state index in [2.05, 4.69) is 15.5 Å². The van der Waals surface area contributed by atoms with Crippen molar-refractivity contribution in [3.8, 4) is 5.69 Å². The standard InChI is InChI=1S/C22H24FN5O3S/c1-14-12-20(28(25-14)17-10-11-32(30,31)13-17)24-22(29)21-18-4-2-3-5-19(18)27(26-21)16-8-6-15(23)7-9-16/h6-9,12,17H,2-5,10-11,13H2,1H3,(H,24,29). The smallest absolute Gasteiger partial charge is 0.277 e. The molecule has 1 N–H and O–H groups in total. The van der Waals surface area contributed by atoms with Crippen LogP contribution in [-0.2, 0) is 22.7 Å². The molecule has 1 atom stereocenters. The fourth-order valence-electron chi connectivity index (χ4n) is 4.61. The summed E-state index contributed by atoms with van der Waals surface area (Å²) < 4.78 is 40.6. The number of hydrogen-bond acceptors (Lipinski definition) is 5. The summed E-state index contributed by atoms with van der Waals surface area (Å²) in [5, 5.41) is 11.9. The van der Waals surface area contributed by atoms with E-state index in [0.717, 1.165) is 36.9 Å². The van der Waals surface area contributed by atoms with E-state index in [0.29, 0.717) is 29.3 Å². The Morgan fingerprint density at radius 1 is 1.16 bits per heavy atom. The summed E-state index contributed by atoms with van der Waals surface area (Å²) in [4.78, 5) is 13.3. The average molecular weight is 458 g/mol. The maximum absolute atomic E-state index is 13.4. The summed E-state index contributed by atoms with van der Waals surface area (Å²) in [5.41, 5.74) is 3.63. The van der Waals surface area contributed by atoms with E-state index in [1.807, 2.05) is 0 Å². The third-order valence-electron chi connectivity index (χ3n) is 6.12. The van der Waals surface area contributed by atoms with E-state index >= 15 is 0 Å². The summed E-state index contributed by atoms with van der Waals surface area (Å²) in [5.74, 6) is -0.0719. The molecule has 1 aromatic carbocycles. The van der Waals surface area contributed by atoms with Crippen molar-refractivity contribution in [1.29, 1.82) is 0 Å². The van der Waals surface area contributed by atoms with Crippen LogP contribution >= 0.6 is 0 Å². The monoisotopic (exact) mass is 457 g/mol. The highest BCUT2D eigenvalue weighted by Crippen LogP contribution is 2.30. The normalized spacial score (nSPS) is 19.6. The van der Waals surface area contributed by atoms with Crippen molar-refractivity contribution in [1.82, 2.24) is 19.6 Å². The predicted octanol–water partition coefficient (Wildman–Crippen LogP) is 3.01. The van der Waals surface area contributed by atoms with Gasteiger partial charge in [-0.1, -0.05) is 0 Å². The summed E-state index contributed by atoms with van der Waals surface area (Å²) in [6.07, 6.45) is 3.99. The highest BCUT2D eigenvalue weighted by molar-refractivity contribution is 7.91. The number of benzene rings is 1. The van der Waals surface area contributed by atoms with Crippen molar-refractivity contribution in [2.45, 2.75) is 45.1 Å². The van der Waals surface area contributed by atoms with Crippen LogP contribution in [0.1, 0.15) is 52.7 Å². The van der Waals surface area contributed by atoms with Gasteiger partial charge in [-0.15, -0.1) is 0 Å². The summed E-state index contributed by atoms with van der Waals surface area (Å²) >= 11 is 0. The van der Waals surface area contributed by atoms with E-state index in [1.54, 1.807) is 34.5 Å². The number of carbonyl (C=O) groups is 1. The van der Waals surface area contributed by atoms with Gasteiger partial charge in [-0.2, -0.15) is 10.2 Å². The van der Waals surface area contributed by atoms with E-state index in [-0.39, 0.29) is 29.3 Å². The Morgan fingerprint density at radius 3 is 2.62 bits per heavy atom. The SMILES string of the molecule is Cc1cc(NC(=O)c2nn(-c3ccc(F)cc3)c3c2CCCC3)n(C2CCS(=O)(=O)C2)n1. The van der Waals surface area contributed by atoms with Crippen LogP contribution < -0.4 is 5.32 Å². The lowest BCUT2D eigenvalue weighted by atomic mass is 9.95. The van der Waals surface area contributed by atoms with Gasteiger partial charge in [-0.05, 0) is 63.3 Å². The number of carbonyl (C=O) groups excluding carboxylic acids is 1. The number of fused-ring (bicyclic) bond motifs is 1. The Hall–Kier alpha value is -3.01. The molecule has 0 radical (unpaired) electrons. The van der Waals surface area contributed by atoms with E-state index in [4.69, 9.17) is 0 Å². The number of aromatic nitrogens is 4. The largest absolute Gasteiger partial charge is 0.305 e. The molecule has 1 unspecified atom stereocenters. The highest BCUT2D eigenvalue weighted by Gasteiger charge is 2.32. The number of hydrogen-bond donors (Lipinski definition) is 1. The first-order chi connectivity index (χ1) is 15.3. The summed E-state index contributed by atoms with van der Waals surface area (Å²) in [7, 11) is -3.09. The van der Waals surface area contributed by atoms with Gasteiger partial charge in [0.2, 0.25) is 0 Å². The summed E-state index contributed by atoms with van der Waals surface area (Å²) in [6, 6.07) is 7.50. The average Bonchev–Trinajstić information content (AvgIpc) is 3.43. The number of nitrogens with zero attached hydrogens (tertiary/aromatic N) is 4. The minimum atomic E-state index is -3.09. The number of aryl methyl sites for hydroxylation is 1. The quantitative estimate of drug-likeness (QED) is 0.649. The Balaban J connectivity index is 1.48. The molecule has 1 saturated heterocycles. The van der Waals surface area contributed by atoms with Crippen LogP contribution in [0.2, 0.25) is 0 Å². The predicted molar refractivity (Wildman–Crippen MR) is 117 cm³/mol. The molecule has 168 valence electrons. The zero-order valence-corrected chi connectivity index (χ0v) is 18.5. The number of anilines is 1. The third kappa shape index (κ3) is 3.83. The van der Waals surface area contributed by atoms with Gasteiger partial charge in [-0.3, -0.25) is 4.79 Å². The van der Waals surface area contributed by atoms with Gasteiger partial charge in [-0.25, -0.2) is 22.2 Å². The van der Waals surface area contributed by atoms with Crippen molar-refractivity contribution in [3.63, 3.8) is 0 Å². The van der Waals surface area contributed by atoms with Gasteiger partial charge in [0.15, 0.2) is 15.5 Å². The van der Waals surface area contributed by atoms with Gasteiger partial charge in [0.1, 0.15) is 11.6 Å². The molecule has 32 heavy (non-hydrogen) atoms. The van der Waals surface area contributed by atoms with Crippen LogP contribution in [0.15, 0.2) is 30.3 Å². The van der Waals surface area contributed by atoms with E-state index in [9.17, 15) is 17.6 Å². The van der Waals surface area contributed by atoms with Gasteiger partial charge in [0.05, 0.1) is 28.9 Å². The van der Waals surface area contributed by atoms with Crippen molar-refractivity contribution >= 4 is 21.6 Å². The zero-order chi connectivity index (χ0) is 22.5. The molecule has 1 fully saturated rings. The fourth-order valence-corrected chi connectivity index (χ4v) is 6.30. The first-order valence-corrected chi connectivity index (χ1v) is 12.6. The van der Waals surface area contributed by atoms with E-state index < -0.39 is 9.84 Å². The highest BCUT2D eigenvalue weighted by atomic mass is 32.2. The molecule has 8 nitrogen and oxygen atoms in total. The zero-order valence-electron chi connectivity index (χ0n) is 17.7. The van der Waals surface area contributed by atoms with Crippen molar-refractivity contribution in [2.75, 3.05) is 16.8 Å². The van der Waals surface area contributed by atoms with Crippen LogP contribution in [0, 0.1) is 12.7 Å². The third-order valence-corrected chi connectivity index (χ3v) is 7.87. The Labute approximate surface area is 185 Å². The van der Waals surface area contributed by atoms with Crippen LogP contribution in [-0.4, -0.2) is 45.4 Å². The second-order valence-corrected chi connectivity index (χ2v) is 10.7. The molecule has 1 aliphatic carbocycles. The molecule has 1 amide bonds. The molecule has 3 heterocycles. The summed E-state index contributed by atoms with van der Waals surface area (Å²) in [6.45, 7) is 1.81. The maximum Gasteiger partial charge on any atom is 0.277 e. The first-order valence-electron chi connectivity index (χ1n) is 10.8. The molecule has 10 heteroatoms. The molecule has 0 bridgehead atoms. The molecule has 0 saturated carbocycles. The van der Waals surface area contributed by atoms with Crippen molar-refractivity contribution in [3.05, 3.63) is 58.8 Å². The lowest BCUT2D eigenvalue weighted by Gasteiger charge is -2.15. The van der Waals surface area contributed by atoms with Crippen LogP contribution in [0.4, 0.5) is 10.2 Å². The molecule has 2 aromatic heterocycles. The van der Waals surface area contributed by atoms with Gasteiger partial charge >= 0.3 is 0 Å². The molecule has 0 spiro atoms. The van der Waals surface area contributed by atoms with E-state index in [1.165, 1.54) is 12.1 Å². The second-order valence-electron chi connectivity index (χ2n) is 8.50. The number of halogens is 1. The number of amides is 1. The fraction of sp³-hybridized carbons (Fsp3) is 0.409. The van der Waals surface area contributed by atoms with Crippen LogP contribution in [0.25, 0.3) is 5.69 Å². The number of sulfone groups is 1. The molecular weight excluding hydrogens is 433 g/mol. The van der Waals surface area contributed by atoms with Crippen molar-refractivity contribution in [2.24, 2.45) is 0 Å². The molecule has 3 aromatic rings. The van der Waals surface area contributed by atoms with Crippen LogP contribution in [0.5, 0.6) is 0 Å². The Kier molecular flexibility index (Phi) is 5.11. The van der Waals surface area contributed by atoms with Gasteiger partial charge in [0.25, 0.3) is 5.91 Å². The number of rotatable bonds is 4. The Bertz CT molecular complexity index is 1290. The van der Waals surface area contributed by atoms with Gasteiger partial charge in [0, 0.05) is 17.3 Å². The van der Waals surface area contributed by atoms with Crippen LogP contribution in [0.3, 0.4) is 0 Å². The topological polar surface area (TPSA) is 98.9 Å². The minimum absolute atomic E-state index is 0.0194. The lowest BCUT2D eigenvalue weighted by Crippen LogP contribution is -2.21. The lowest BCUT2D eigenvalue weighted by molar-refractivity contribution is 0.101. The molecular formula is C22H24FN5O3S. The molecule has 1 aliphatic heterocycles. The minimum Gasteiger partial charge on any atom is -0.305 e. The maximum atomic E-state index is 13.4. The Morgan fingerprint density at radius 2 is 1.91 bits per heavy atom. The first kappa shape index (κ1) is 20.9. The van der Waals surface area contributed by atoms with Gasteiger partial charge < -0.3 is 5.32 Å². The second kappa shape index (κ2) is 7.84.